The fraction of sp³-hybridized carbons (Fsp3) is 0.138. The summed E-state index contributed by atoms with van der Waals surface area (Å²) in [5.74, 6) is 0.879. The van der Waals surface area contributed by atoms with Crippen LogP contribution in [0.4, 0.5) is 17.1 Å². The Kier molecular flexibility index (Phi) is 8.07. The van der Waals surface area contributed by atoms with Gasteiger partial charge in [-0.1, -0.05) is 198 Å². The first kappa shape index (κ1) is 35.5. The standard InChI is InChI=1S/C58H47N/c1-57(2)50-25-12-10-22-47(50)49-37-42(30-34-52(49)57)41-19-14-20-44(36-41)59(54-35-31-38-16-8-9-21-45(38)55(54)40-17-6-5-7-18-40)43-32-28-39(29-33-43)46-24-15-27-53-56(46)48-23-11-13-26-51(48)58(53,3)4/h5-37,47,50H,1-4H3. The summed E-state index contributed by atoms with van der Waals surface area (Å²) in [4.78, 5) is 2.47. The van der Waals surface area contributed by atoms with E-state index in [0.717, 1.165) is 17.1 Å². The van der Waals surface area contributed by atoms with Crippen LogP contribution in [-0.2, 0) is 10.8 Å². The SMILES string of the molecule is CC1(C)c2ccccc2-c2c(-c3ccc(N(c4cccc(-c5ccc6c(c5)C5C=CC=CC5C6(C)C)c4)c4ccc5ccccc5c4-c4ccccc4)cc3)cccc21. The molecule has 0 saturated carbocycles. The maximum atomic E-state index is 2.47. The van der Waals surface area contributed by atoms with Gasteiger partial charge in [-0.05, 0) is 114 Å². The molecule has 1 nitrogen and oxygen atoms in total. The Bertz CT molecular complexity index is 3000. The Balaban J connectivity index is 1.08. The lowest BCUT2D eigenvalue weighted by atomic mass is 9.74. The van der Waals surface area contributed by atoms with Crippen LogP contribution in [0.5, 0.6) is 0 Å². The molecule has 2 atom stereocenters. The molecular weight excluding hydrogens is 711 g/mol. The van der Waals surface area contributed by atoms with E-state index in [-0.39, 0.29) is 10.8 Å². The average Bonchev–Trinajstić information content (AvgIpc) is 3.66. The van der Waals surface area contributed by atoms with Gasteiger partial charge in [-0.25, -0.2) is 0 Å². The minimum Gasteiger partial charge on any atom is -0.310 e. The van der Waals surface area contributed by atoms with Gasteiger partial charge in [0.1, 0.15) is 0 Å². The third kappa shape index (κ3) is 5.52. The van der Waals surface area contributed by atoms with Crippen LogP contribution in [0, 0.1) is 5.92 Å². The molecule has 2 unspecified atom stereocenters. The van der Waals surface area contributed by atoms with Gasteiger partial charge in [-0.15, -0.1) is 0 Å². The molecule has 59 heavy (non-hydrogen) atoms. The minimum absolute atomic E-state index is 0.0471. The van der Waals surface area contributed by atoms with Crippen LogP contribution in [-0.4, -0.2) is 0 Å². The third-order valence-electron chi connectivity index (χ3n) is 13.8. The Labute approximate surface area is 348 Å². The first-order valence-electron chi connectivity index (χ1n) is 21.1. The molecule has 0 N–H and O–H groups in total. The number of hydrogen-bond acceptors (Lipinski definition) is 1. The van der Waals surface area contributed by atoms with Gasteiger partial charge in [0.25, 0.3) is 0 Å². The van der Waals surface area contributed by atoms with E-state index in [9.17, 15) is 0 Å². The minimum atomic E-state index is -0.0471. The second-order valence-corrected chi connectivity index (χ2v) is 17.7. The first-order chi connectivity index (χ1) is 28.8. The normalized spacial score (nSPS) is 17.6. The Morgan fingerprint density at radius 2 is 1.12 bits per heavy atom. The molecule has 0 saturated heterocycles. The highest BCUT2D eigenvalue weighted by atomic mass is 15.1. The fourth-order valence-corrected chi connectivity index (χ4v) is 10.8. The van der Waals surface area contributed by atoms with Crippen LogP contribution in [0.3, 0.4) is 0 Å². The van der Waals surface area contributed by atoms with E-state index in [1.165, 1.54) is 77.5 Å². The maximum Gasteiger partial charge on any atom is 0.0546 e. The van der Waals surface area contributed by atoms with E-state index in [0.29, 0.717) is 11.8 Å². The van der Waals surface area contributed by atoms with Crippen LogP contribution < -0.4 is 4.90 Å². The van der Waals surface area contributed by atoms with Gasteiger partial charge >= 0.3 is 0 Å². The van der Waals surface area contributed by atoms with Crippen LogP contribution in [0.1, 0.15) is 55.9 Å². The summed E-state index contributed by atoms with van der Waals surface area (Å²) in [5, 5.41) is 2.46. The van der Waals surface area contributed by atoms with Crippen LogP contribution in [0.2, 0.25) is 0 Å². The van der Waals surface area contributed by atoms with Crippen molar-refractivity contribution < 1.29 is 0 Å². The number of hydrogen-bond donors (Lipinski definition) is 0. The van der Waals surface area contributed by atoms with E-state index < -0.39 is 0 Å². The first-order valence-corrected chi connectivity index (χ1v) is 21.1. The number of anilines is 3. The molecule has 0 spiro atoms. The lowest BCUT2D eigenvalue weighted by Gasteiger charge is -2.29. The number of rotatable bonds is 6. The molecule has 8 aromatic rings. The summed E-state index contributed by atoms with van der Waals surface area (Å²) in [7, 11) is 0. The number of fused-ring (bicyclic) bond motifs is 7. The second-order valence-electron chi connectivity index (χ2n) is 17.7. The molecule has 0 heterocycles. The topological polar surface area (TPSA) is 3.24 Å². The zero-order chi connectivity index (χ0) is 39.9. The molecule has 1 heteroatoms. The number of nitrogens with zero attached hydrogens (tertiary/aromatic N) is 1. The molecule has 11 rings (SSSR count). The van der Waals surface area contributed by atoms with Crippen molar-refractivity contribution in [1.29, 1.82) is 0 Å². The summed E-state index contributed by atoms with van der Waals surface area (Å²) in [6.45, 7) is 9.52. The lowest BCUT2D eigenvalue weighted by molar-refractivity contribution is 0.394. The molecule has 3 aliphatic rings. The molecule has 3 aliphatic carbocycles. The van der Waals surface area contributed by atoms with Crippen molar-refractivity contribution in [2.75, 3.05) is 4.90 Å². The zero-order valence-corrected chi connectivity index (χ0v) is 34.2. The molecule has 8 aromatic carbocycles. The van der Waals surface area contributed by atoms with Gasteiger partial charge in [0, 0.05) is 28.3 Å². The lowest BCUT2D eigenvalue weighted by Crippen LogP contribution is -2.24. The van der Waals surface area contributed by atoms with Gasteiger partial charge < -0.3 is 4.90 Å². The molecular formula is C58H47N. The van der Waals surface area contributed by atoms with Crippen molar-refractivity contribution in [1.82, 2.24) is 0 Å². The van der Waals surface area contributed by atoms with E-state index >= 15 is 0 Å². The van der Waals surface area contributed by atoms with E-state index in [1.54, 1.807) is 0 Å². The molecule has 0 bridgehead atoms. The van der Waals surface area contributed by atoms with Gasteiger partial charge in [0.15, 0.2) is 0 Å². The smallest absolute Gasteiger partial charge is 0.0546 e. The molecule has 0 radical (unpaired) electrons. The molecule has 0 amide bonds. The van der Waals surface area contributed by atoms with Crippen molar-refractivity contribution >= 4 is 27.8 Å². The molecule has 0 aromatic heterocycles. The predicted octanol–water partition coefficient (Wildman–Crippen LogP) is 15.7. The largest absolute Gasteiger partial charge is 0.310 e. The van der Waals surface area contributed by atoms with Gasteiger partial charge in [0.05, 0.1) is 5.69 Å². The van der Waals surface area contributed by atoms with Crippen molar-refractivity contribution in [3.8, 4) is 44.5 Å². The fourth-order valence-electron chi connectivity index (χ4n) is 10.8. The zero-order valence-electron chi connectivity index (χ0n) is 34.2. The summed E-state index contributed by atoms with van der Waals surface area (Å²) in [6.07, 6.45) is 9.26. The summed E-state index contributed by atoms with van der Waals surface area (Å²) in [5.41, 5.74) is 19.2. The third-order valence-corrected chi connectivity index (χ3v) is 13.8. The summed E-state index contributed by atoms with van der Waals surface area (Å²) >= 11 is 0. The highest BCUT2D eigenvalue weighted by molar-refractivity contribution is 6.05. The van der Waals surface area contributed by atoms with Crippen molar-refractivity contribution in [3.05, 3.63) is 222 Å². The Hall–Kier alpha value is -6.70. The average molecular weight is 758 g/mol. The van der Waals surface area contributed by atoms with Gasteiger partial charge in [-0.2, -0.15) is 0 Å². The van der Waals surface area contributed by atoms with Crippen LogP contribution in [0.25, 0.3) is 55.3 Å². The highest BCUT2D eigenvalue weighted by Crippen LogP contribution is 2.55. The predicted molar refractivity (Wildman–Crippen MR) is 250 cm³/mol. The maximum absolute atomic E-state index is 2.47. The van der Waals surface area contributed by atoms with Gasteiger partial charge in [-0.3, -0.25) is 0 Å². The summed E-state index contributed by atoms with van der Waals surface area (Å²) in [6, 6.07) is 65.7. The van der Waals surface area contributed by atoms with Crippen molar-refractivity contribution in [2.24, 2.45) is 5.92 Å². The molecule has 284 valence electrons. The van der Waals surface area contributed by atoms with Crippen LogP contribution in [0.15, 0.2) is 200 Å². The van der Waals surface area contributed by atoms with Crippen molar-refractivity contribution in [2.45, 2.75) is 44.4 Å². The quantitative estimate of drug-likeness (QED) is 0.163. The van der Waals surface area contributed by atoms with Gasteiger partial charge in [0.2, 0.25) is 0 Å². The Morgan fingerprint density at radius 3 is 1.98 bits per heavy atom. The number of allylic oxidation sites excluding steroid dienone is 4. The highest BCUT2D eigenvalue weighted by Gasteiger charge is 2.44. The molecule has 0 aliphatic heterocycles. The van der Waals surface area contributed by atoms with E-state index in [2.05, 4.69) is 233 Å². The van der Waals surface area contributed by atoms with E-state index in [1.807, 2.05) is 0 Å². The van der Waals surface area contributed by atoms with E-state index in [4.69, 9.17) is 0 Å². The molecule has 0 fully saturated rings. The Morgan fingerprint density at radius 1 is 0.441 bits per heavy atom. The second kappa shape index (κ2) is 13.4. The number of benzene rings is 8. The monoisotopic (exact) mass is 757 g/mol. The van der Waals surface area contributed by atoms with Crippen molar-refractivity contribution in [3.63, 3.8) is 0 Å². The van der Waals surface area contributed by atoms with Crippen LogP contribution >= 0.6 is 0 Å². The summed E-state index contributed by atoms with van der Waals surface area (Å²) < 4.78 is 0.